The Kier molecular flexibility index (Phi) is 5.67. The van der Waals surface area contributed by atoms with Gasteiger partial charge in [-0.1, -0.05) is 36.4 Å². The van der Waals surface area contributed by atoms with Gasteiger partial charge in [-0.05, 0) is 36.6 Å². The molecule has 0 aliphatic carbocycles. The average Bonchev–Trinajstić information content (AvgIpc) is 3.02. The Morgan fingerprint density at radius 3 is 2.48 bits per heavy atom. The standard InChI is InChI=1S/C23H24N4O4/c1-13(20(24)15-5-3-2-4-6-15)25-12-14-7-8-16-17(11-14)23(31)27(22(16)30)18-9-10-19(28)26-21(18)29/h2-8,11,13,18,20,25H,9-10,12,24H2,1H3,(H,26,28,29). The molecule has 0 spiro atoms. The number of rotatable bonds is 6. The monoisotopic (exact) mass is 420 g/mol. The highest BCUT2D eigenvalue weighted by Crippen LogP contribution is 2.28. The van der Waals surface area contributed by atoms with Crippen LogP contribution in [0.4, 0.5) is 0 Å². The molecule has 4 N–H and O–H groups in total. The van der Waals surface area contributed by atoms with Gasteiger partial charge in [0.25, 0.3) is 11.8 Å². The van der Waals surface area contributed by atoms with Crippen LogP contribution in [0, 0.1) is 0 Å². The summed E-state index contributed by atoms with van der Waals surface area (Å²) < 4.78 is 0. The Balaban J connectivity index is 1.46. The third kappa shape index (κ3) is 3.99. The number of fused-ring (bicyclic) bond motifs is 1. The molecule has 160 valence electrons. The van der Waals surface area contributed by atoms with Gasteiger partial charge in [0.1, 0.15) is 6.04 Å². The lowest BCUT2D eigenvalue weighted by atomic mass is 10.0. The SMILES string of the molecule is CC(NCc1ccc2c(c1)C(=O)N(C1CCC(=O)NC1=O)C2=O)C(N)c1ccccc1. The molecule has 8 heteroatoms. The molecule has 8 nitrogen and oxygen atoms in total. The fraction of sp³-hybridized carbons (Fsp3) is 0.304. The van der Waals surface area contributed by atoms with Crippen LogP contribution in [0.2, 0.25) is 0 Å². The quantitative estimate of drug-likeness (QED) is 0.605. The normalized spacial score (nSPS) is 20.5. The van der Waals surface area contributed by atoms with Crippen molar-refractivity contribution in [2.24, 2.45) is 5.73 Å². The highest BCUT2D eigenvalue weighted by Gasteiger charge is 2.44. The third-order valence-corrected chi connectivity index (χ3v) is 5.86. The Bertz CT molecular complexity index is 1050. The second kappa shape index (κ2) is 8.41. The number of carbonyl (C=O) groups is 4. The topological polar surface area (TPSA) is 122 Å². The van der Waals surface area contributed by atoms with Crippen molar-refractivity contribution >= 4 is 23.6 Å². The summed E-state index contributed by atoms with van der Waals surface area (Å²) in [5.41, 5.74) is 8.73. The lowest BCUT2D eigenvalue weighted by molar-refractivity contribution is -0.136. The summed E-state index contributed by atoms with van der Waals surface area (Å²) in [5.74, 6) is -2.02. The van der Waals surface area contributed by atoms with Crippen molar-refractivity contribution in [2.45, 2.75) is 44.4 Å². The molecular formula is C23H24N4O4. The predicted molar refractivity (Wildman–Crippen MR) is 113 cm³/mol. The minimum absolute atomic E-state index is 0.0204. The minimum Gasteiger partial charge on any atom is -0.323 e. The molecule has 3 atom stereocenters. The van der Waals surface area contributed by atoms with Crippen molar-refractivity contribution in [3.63, 3.8) is 0 Å². The first kappa shape index (κ1) is 20.9. The van der Waals surface area contributed by atoms with E-state index in [4.69, 9.17) is 5.73 Å². The summed E-state index contributed by atoms with van der Waals surface area (Å²) in [7, 11) is 0. The summed E-state index contributed by atoms with van der Waals surface area (Å²) in [6, 6.07) is 13.7. The lowest BCUT2D eigenvalue weighted by Crippen LogP contribution is -2.54. The molecule has 4 amide bonds. The van der Waals surface area contributed by atoms with E-state index in [1.165, 1.54) is 0 Å². The number of carbonyl (C=O) groups excluding carboxylic acids is 4. The van der Waals surface area contributed by atoms with E-state index in [2.05, 4.69) is 10.6 Å². The maximum absolute atomic E-state index is 12.9. The molecule has 2 heterocycles. The highest BCUT2D eigenvalue weighted by atomic mass is 16.2. The van der Waals surface area contributed by atoms with Gasteiger partial charge in [-0.25, -0.2) is 0 Å². The molecule has 0 bridgehead atoms. The first-order chi connectivity index (χ1) is 14.9. The van der Waals surface area contributed by atoms with Gasteiger partial charge in [-0.2, -0.15) is 0 Å². The number of nitrogens with zero attached hydrogens (tertiary/aromatic N) is 1. The first-order valence-corrected chi connectivity index (χ1v) is 10.2. The van der Waals surface area contributed by atoms with E-state index < -0.39 is 29.7 Å². The van der Waals surface area contributed by atoms with Gasteiger partial charge in [0.05, 0.1) is 11.1 Å². The van der Waals surface area contributed by atoms with Gasteiger partial charge in [0.2, 0.25) is 11.8 Å². The number of amides is 4. The van der Waals surface area contributed by atoms with Crippen molar-refractivity contribution in [3.05, 3.63) is 70.8 Å². The van der Waals surface area contributed by atoms with Crippen molar-refractivity contribution in [3.8, 4) is 0 Å². The second-order valence-corrected chi connectivity index (χ2v) is 7.93. The maximum atomic E-state index is 12.9. The van der Waals surface area contributed by atoms with E-state index in [1.807, 2.05) is 37.3 Å². The van der Waals surface area contributed by atoms with Gasteiger partial charge in [-0.15, -0.1) is 0 Å². The molecular weight excluding hydrogens is 396 g/mol. The van der Waals surface area contributed by atoms with Crippen LogP contribution in [0.3, 0.4) is 0 Å². The van der Waals surface area contributed by atoms with Crippen molar-refractivity contribution < 1.29 is 19.2 Å². The first-order valence-electron chi connectivity index (χ1n) is 10.2. The van der Waals surface area contributed by atoms with Crippen molar-refractivity contribution in [1.29, 1.82) is 0 Å². The van der Waals surface area contributed by atoms with E-state index in [9.17, 15) is 19.2 Å². The van der Waals surface area contributed by atoms with Crippen LogP contribution >= 0.6 is 0 Å². The van der Waals surface area contributed by atoms with Gasteiger partial charge < -0.3 is 11.1 Å². The molecule has 0 saturated carbocycles. The molecule has 1 saturated heterocycles. The van der Waals surface area contributed by atoms with E-state index in [-0.39, 0.29) is 36.1 Å². The van der Waals surface area contributed by atoms with E-state index >= 15 is 0 Å². The van der Waals surface area contributed by atoms with Gasteiger partial charge in [0, 0.05) is 25.0 Å². The van der Waals surface area contributed by atoms with Crippen LogP contribution in [0.15, 0.2) is 48.5 Å². The zero-order valence-electron chi connectivity index (χ0n) is 17.1. The fourth-order valence-corrected chi connectivity index (χ4v) is 4.00. The number of benzene rings is 2. The minimum atomic E-state index is -0.962. The van der Waals surface area contributed by atoms with Crippen LogP contribution in [0.5, 0.6) is 0 Å². The molecule has 2 aliphatic rings. The Morgan fingerprint density at radius 2 is 1.77 bits per heavy atom. The summed E-state index contributed by atoms with van der Waals surface area (Å²) in [6.07, 6.45) is 0.234. The zero-order valence-corrected chi connectivity index (χ0v) is 17.1. The number of hydrogen-bond acceptors (Lipinski definition) is 6. The average molecular weight is 420 g/mol. The number of nitrogens with one attached hydrogen (secondary N) is 2. The number of piperidine rings is 1. The molecule has 2 aromatic carbocycles. The van der Waals surface area contributed by atoms with E-state index in [0.717, 1.165) is 16.0 Å². The van der Waals surface area contributed by atoms with Crippen LogP contribution in [-0.2, 0) is 16.1 Å². The number of imide groups is 2. The number of nitrogens with two attached hydrogens (primary N) is 1. The molecule has 0 radical (unpaired) electrons. The van der Waals surface area contributed by atoms with Gasteiger partial charge >= 0.3 is 0 Å². The molecule has 4 rings (SSSR count). The largest absolute Gasteiger partial charge is 0.323 e. The number of hydrogen-bond donors (Lipinski definition) is 3. The summed E-state index contributed by atoms with van der Waals surface area (Å²) in [4.78, 5) is 50.2. The summed E-state index contributed by atoms with van der Waals surface area (Å²) >= 11 is 0. The molecule has 31 heavy (non-hydrogen) atoms. The molecule has 1 fully saturated rings. The summed E-state index contributed by atoms with van der Waals surface area (Å²) in [6.45, 7) is 2.46. The van der Waals surface area contributed by atoms with E-state index in [1.54, 1.807) is 18.2 Å². The van der Waals surface area contributed by atoms with E-state index in [0.29, 0.717) is 6.54 Å². The Hall–Kier alpha value is -3.36. The molecule has 2 aliphatic heterocycles. The van der Waals surface area contributed by atoms with Crippen LogP contribution in [0.1, 0.15) is 57.7 Å². The van der Waals surface area contributed by atoms with Crippen molar-refractivity contribution in [2.75, 3.05) is 0 Å². The predicted octanol–water partition coefficient (Wildman–Crippen LogP) is 1.27. The fourth-order valence-electron chi connectivity index (χ4n) is 4.00. The molecule has 2 aromatic rings. The Labute approximate surface area is 179 Å². The maximum Gasteiger partial charge on any atom is 0.262 e. The van der Waals surface area contributed by atoms with Crippen LogP contribution in [0.25, 0.3) is 0 Å². The summed E-state index contributed by atoms with van der Waals surface area (Å²) in [5, 5.41) is 5.56. The second-order valence-electron chi connectivity index (χ2n) is 7.93. The highest BCUT2D eigenvalue weighted by molar-refractivity contribution is 6.23. The third-order valence-electron chi connectivity index (χ3n) is 5.86. The van der Waals surface area contributed by atoms with Crippen molar-refractivity contribution in [1.82, 2.24) is 15.5 Å². The lowest BCUT2D eigenvalue weighted by Gasteiger charge is -2.27. The van der Waals surface area contributed by atoms with Crippen LogP contribution < -0.4 is 16.4 Å². The Morgan fingerprint density at radius 1 is 1.06 bits per heavy atom. The van der Waals surface area contributed by atoms with Gasteiger partial charge in [0.15, 0.2) is 0 Å². The molecule has 0 aromatic heterocycles. The molecule has 3 unspecified atom stereocenters. The zero-order chi connectivity index (χ0) is 22.1. The van der Waals surface area contributed by atoms with Crippen LogP contribution in [-0.4, -0.2) is 40.6 Å². The van der Waals surface area contributed by atoms with Gasteiger partial charge in [-0.3, -0.25) is 29.4 Å². The smallest absolute Gasteiger partial charge is 0.262 e.